The number of carbonyl (C=O) groups excluding carboxylic acids is 1. The Labute approximate surface area is 204 Å². The van der Waals surface area contributed by atoms with Crippen LogP contribution in [0, 0.1) is 0 Å². The zero-order chi connectivity index (χ0) is 22.6. The van der Waals surface area contributed by atoms with Gasteiger partial charge in [0.1, 0.15) is 11.5 Å². The molecular weight excluding hydrogens is 496 g/mol. The lowest BCUT2D eigenvalue weighted by Crippen LogP contribution is -2.27. The van der Waals surface area contributed by atoms with Gasteiger partial charge >= 0.3 is 0 Å². The van der Waals surface area contributed by atoms with Gasteiger partial charge in [0.2, 0.25) is 5.91 Å². The third kappa shape index (κ3) is 4.97. The Morgan fingerprint density at radius 1 is 0.818 bits per heavy atom. The third-order valence-corrected chi connectivity index (χ3v) is 6.62. The second-order valence-electron chi connectivity index (χ2n) is 7.41. The topological polar surface area (TPSA) is 42.4 Å². The number of nitrogens with zero attached hydrogens (tertiary/aromatic N) is 2. The molecule has 6 heteroatoms. The van der Waals surface area contributed by atoms with Gasteiger partial charge in [-0.25, -0.2) is 4.98 Å². The second kappa shape index (κ2) is 9.57. The molecule has 0 aliphatic carbocycles. The van der Waals surface area contributed by atoms with Crippen molar-refractivity contribution in [2.24, 2.45) is 0 Å². The van der Waals surface area contributed by atoms with Crippen molar-refractivity contribution in [1.82, 2.24) is 4.98 Å². The van der Waals surface area contributed by atoms with Crippen molar-refractivity contribution < 1.29 is 9.53 Å². The van der Waals surface area contributed by atoms with E-state index in [2.05, 4.69) is 15.9 Å². The number of anilines is 2. The van der Waals surface area contributed by atoms with Crippen molar-refractivity contribution in [3.63, 3.8) is 0 Å². The molecule has 5 aromatic rings. The molecule has 4 aromatic carbocycles. The lowest BCUT2D eigenvalue weighted by molar-refractivity contribution is -0.117. The number of halogens is 1. The number of aromatic nitrogens is 1. The van der Waals surface area contributed by atoms with Gasteiger partial charge in [-0.15, -0.1) is 0 Å². The van der Waals surface area contributed by atoms with Crippen LogP contribution in [-0.4, -0.2) is 10.9 Å². The van der Waals surface area contributed by atoms with Gasteiger partial charge in [0, 0.05) is 4.47 Å². The van der Waals surface area contributed by atoms with Crippen molar-refractivity contribution in [2.75, 3.05) is 4.90 Å². The SMILES string of the molecule is O=C(Cc1ccc(Br)cc1)N(c1ccc(Oc2ccccc2)cc1)c1nc2ccccc2s1. The smallest absolute Gasteiger partial charge is 0.237 e. The summed E-state index contributed by atoms with van der Waals surface area (Å²) in [7, 11) is 0. The lowest BCUT2D eigenvalue weighted by Gasteiger charge is -2.20. The average Bonchev–Trinajstić information content (AvgIpc) is 3.26. The molecule has 33 heavy (non-hydrogen) atoms. The zero-order valence-corrected chi connectivity index (χ0v) is 19.9. The number of benzene rings is 4. The van der Waals surface area contributed by atoms with Crippen molar-refractivity contribution in [1.29, 1.82) is 0 Å². The highest BCUT2D eigenvalue weighted by Crippen LogP contribution is 2.35. The summed E-state index contributed by atoms with van der Waals surface area (Å²) in [5.41, 5.74) is 2.57. The number of para-hydroxylation sites is 2. The maximum Gasteiger partial charge on any atom is 0.237 e. The number of hydrogen-bond acceptors (Lipinski definition) is 4. The molecule has 0 aliphatic heterocycles. The first kappa shape index (κ1) is 21.4. The molecule has 1 aromatic heterocycles. The van der Waals surface area contributed by atoms with Crippen LogP contribution < -0.4 is 9.64 Å². The largest absolute Gasteiger partial charge is 0.457 e. The fourth-order valence-corrected chi connectivity index (χ4v) is 4.73. The Kier molecular flexibility index (Phi) is 6.19. The highest BCUT2D eigenvalue weighted by molar-refractivity contribution is 9.10. The predicted octanol–water partition coefficient (Wildman–Crippen LogP) is 7.76. The summed E-state index contributed by atoms with van der Waals surface area (Å²) in [6, 6.07) is 32.9. The quantitative estimate of drug-likeness (QED) is 0.232. The second-order valence-corrected chi connectivity index (χ2v) is 9.33. The Balaban J connectivity index is 1.47. The molecule has 0 radical (unpaired) electrons. The van der Waals surface area contributed by atoms with Gasteiger partial charge in [0.05, 0.1) is 22.3 Å². The molecular formula is C27H19BrN2O2S. The summed E-state index contributed by atoms with van der Waals surface area (Å²) in [5, 5.41) is 0.648. The minimum Gasteiger partial charge on any atom is -0.457 e. The van der Waals surface area contributed by atoms with Crippen LogP contribution in [0.3, 0.4) is 0 Å². The number of amides is 1. The standard InChI is InChI=1S/C27H19BrN2O2S/c28-20-12-10-19(11-13-20)18-26(31)30(27-29-24-8-4-5-9-25(24)33-27)21-14-16-23(17-15-21)32-22-6-2-1-3-7-22/h1-17H,18H2. The molecule has 0 saturated carbocycles. The Morgan fingerprint density at radius 3 is 2.21 bits per heavy atom. The summed E-state index contributed by atoms with van der Waals surface area (Å²) >= 11 is 4.95. The maximum atomic E-state index is 13.5. The van der Waals surface area contributed by atoms with E-state index in [9.17, 15) is 4.79 Å². The first-order valence-electron chi connectivity index (χ1n) is 10.4. The summed E-state index contributed by atoms with van der Waals surface area (Å²) in [4.78, 5) is 19.9. The summed E-state index contributed by atoms with van der Waals surface area (Å²) < 4.78 is 7.94. The van der Waals surface area contributed by atoms with Crippen molar-refractivity contribution in [3.05, 3.63) is 113 Å². The number of hydrogen-bond donors (Lipinski definition) is 0. The number of thiazole rings is 1. The van der Waals surface area contributed by atoms with Crippen LogP contribution in [-0.2, 0) is 11.2 Å². The van der Waals surface area contributed by atoms with E-state index in [1.54, 1.807) is 4.90 Å². The minimum absolute atomic E-state index is 0.0480. The number of rotatable bonds is 6. The molecule has 1 amide bonds. The van der Waals surface area contributed by atoms with Crippen LogP contribution >= 0.6 is 27.3 Å². The van der Waals surface area contributed by atoms with Crippen molar-refractivity contribution in [3.8, 4) is 11.5 Å². The zero-order valence-electron chi connectivity index (χ0n) is 17.5. The third-order valence-electron chi connectivity index (χ3n) is 5.07. The van der Waals surface area contributed by atoms with E-state index >= 15 is 0 Å². The van der Waals surface area contributed by atoms with Gasteiger partial charge in [-0.05, 0) is 66.2 Å². The molecule has 0 saturated heterocycles. The molecule has 0 fully saturated rings. The van der Waals surface area contributed by atoms with E-state index in [1.165, 1.54) is 11.3 Å². The van der Waals surface area contributed by atoms with Gasteiger partial charge in [0.15, 0.2) is 5.13 Å². The van der Waals surface area contributed by atoms with E-state index in [0.29, 0.717) is 10.9 Å². The van der Waals surface area contributed by atoms with Gasteiger partial charge in [0.25, 0.3) is 0 Å². The lowest BCUT2D eigenvalue weighted by atomic mass is 10.1. The number of carbonyl (C=O) groups is 1. The maximum absolute atomic E-state index is 13.5. The van der Waals surface area contributed by atoms with Crippen LogP contribution in [0.15, 0.2) is 108 Å². The molecule has 0 bridgehead atoms. The molecule has 162 valence electrons. The summed E-state index contributed by atoms with van der Waals surface area (Å²) in [6.07, 6.45) is 0.269. The number of fused-ring (bicyclic) bond motifs is 1. The molecule has 0 unspecified atom stereocenters. The highest BCUT2D eigenvalue weighted by Gasteiger charge is 2.22. The van der Waals surface area contributed by atoms with Crippen molar-refractivity contribution >= 4 is 54.2 Å². The van der Waals surface area contributed by atoms with E-state index in [4.69, 9.17) is 9.72 Å². The van der Waals surface area contributed by atoms with Gasteiger partial charge in [-0.3, -0.25) is 9.69 Å². The van der Waals surface area contributed by atoms with Crippen LogP contribution in [0.2, 0.25) is 0 Å². The van der Waals surface area contributed by atoms with Crippen LogP contribution in [0.5, 0.6) is 11.5 Å². The van der Waals surface area contributed by atoms with E-state index in [1.807, 2.05) is 103 Å². The first-order valence-corrected chi connectivity index (χ1v) is 12.0. The van der Waals surface area contributed by atoms with E-state index < -0.39 is 0 Å². The van der Waals surface area contributed by atoms with Gasteiger partial charge < -0.3 is 4.74 Å². The summed E-state index contributed by atoms with van der Waals surface area (Å²) in [6.45, 7) is 0. The molecule has 5 rings (SSSR count). The molecule has 1 heterocycles. The predicted molar refractivity (Wildman–Crippen MR) is 138 cm³/mol. The van der Waals surface area contributed by atoms with Crippen LogP contribution in [0.1, 0.15) is 5.56 Å². The Bertz CT molecular complexity index is 1350. The van der Waals surface area contributed by atoms with Gasteiger partial charge in [-0.2, -0.15) is 0 Å². The molecule has 4 nitrogen and oxygen atoms in total. The molecule has 0 atom stereocenters. The number of ether oxygens (including phenoxy) is 1. The van der Waals surface area contributed by atoms with Crippen LogP contribution in [0.25, 0.3) is 10.2 Å². The van der Waals surface area contributed by atoms with E-state index in [0.717, 1.165) is 31.7 Å². The average molecular weight is 515 g/mol. The monoisotopic (exact) mass is 514 g/mol. The fourth-order valence-electron chi connectivity index (χ4n) is 3.46. The first-order chi connectivity index (χ1) is 16.2. The Morgan fingerprint density at radius 2 is 1.48 bits per heavy atom. The van der Waals surface area contributed by atoms with Gasteiger partial charge in [-0.1, -0.05) is 69.7 Å². The van der Waals surface area contributed by atoms with Crippen molar-refractivity contribution in [2.45, 2.75) is 6.42 Å². The summed E-state index contributed by atoms with van der Waals surface area (Å²) in [5.74, 6) is 1.42. The highest BCUT2D eigenvalue weighted by atomic mass is 79.9. The fraction of sp³-hybridized carbons (Fsp3) is 0.0370. The Hall–Kier alpha value is -3.48. The molecule has 0 spiro atoms. The normalized spacial score (nSPS) is 10.8. The minimum atomic E-state index is -0.0480. The van der Waals surface area contributed by atoms with E-state index in [-0.39, 0.29) is 12.3 Å². The molecule has 0 aliphatic rings. The molecule has 0 N–H and O–H groups in total. The van der Waals surface area contributed by atoms with Crippen LogP contribution in [0.4, 0.5) is 10.8 Å².